The molecule has 2 saturated heterocycles. The van der Waals surface area contributed by atoms with Gasteiger partial charge in [-0.05, 0) is 44.8 Å². The third-order valence-electron chi connectivity index (χ3n) is 4.95. The van der Waals surface area contributed by atoms with Gasteiger partial charge in [0.2, 0.25) is 0 Å². The molecule has 2 aliphatic rings. The minimum Gasteiger partial charge on any atom is -0.374 e. The van der Waals surface area contributed by atoms with Crippen LogP contribution in [0.15, 0.2) is 0 Å². The number of thioether (sulfide) groups is 1. The Morgan fingerprint density at radius 2 is 2.20 bits per heavy atom. The van der Waals surface area contributed by atoms with Gasteiger partial charge in [0.1, 0.15) is 0 Å². The molecule has 20 heavy (non-hydrogen) atoms. The van der Waals surface area contributed by atoms with Crippen molar-refractivity contribution in [1.82, 2.24) is 5.43 Å². The maximum absolute atomic E-state index is 12.1. The topological polar surface area (TPSA) is 81.4 Å². The van der Waals surface area contributed by atoms with Crippen molar-refractivity contribution in [3.05, 3.63) is 0 Å². The smallest absolute Gasteiger partial charge is 0.154 e. The molecule has 5 nitrogen and oxygen atoms in total. The van der Waals surface area contributed by atoms with E-state index < -0.39 is 14.6 Å². The highest BCUT2D eigenvalue weighted by molar-refractivity contribution is 7.99. The molecule has 118 valence electrons. The Balaban J connectivity index is 2.19. The highest BCUT2D eigenvalue weighted by Crippen LogP contribution is 2.43. The normalized spacial score (nSPS) is 33.5. The monoisotopic (exact) mass is 322 g/mol. The van der Waals surface area contributed by atoms with E-state index in [0.717, 1.165) is 30.8 Å². The van der Waals surface area contributed by atoms with Gasteiger partial charge in [-0.25, -0.2) is 8.42 Å². The van der Waals surface area contributed by atoms with Gasteiger partial charge in [0.25, 0.3) is 0 Å². The summed E-state index contributed by atoms with van der Waals surface area (Å²) < 4.78 is 29.3. The molecule has 1 spiro atoms. The Bertz CT molecular complexity index is 445. The summed E-state index contributed by atoms with van der Waals surface area (Å²) in [5.74, 6) is 8.09. The molecule has 2 aliphatic heterocycles. The van der Waals surface area contributed by atoms with Crippen LogP contribution < -0.4 is 11.3 Å². The van der Waals surface area contributed by atoms with Crippen LogP contribution in [0.4, 0.5) is 0 Å². The average molecular weight is 322 g/mol. The van der Waals surface area contributed by atoms with Crippen LogP contribution in [0.25, 0.3) is 0 Å². The molecule has 0 aromatic heterocycles. The lowest BCUT2D eigenvalue weighted by Crippen LogP contribution is -2.60. The van der Waals surface area contributed by atoms with E-state index in [1.54, 1.807) is 13.8 Å². The van der Waals surface area contributed by atoms with E-state index in [1.165, 1.54) is 6.26 Å². The molecule has 0 aliphatic carbocycles. The number of nitrogens with one attached hydrogen (secondary N) is 1. The van der Waals surface area contributed by atoms with Gasteiger partial charge in [-0.2, -0.15) is 11.8 Å². The SMILES string of the molecule is CC(C)(C(NN)C1CCOC2(CCSC2)C1)S(C)(=O)=O. The molecule has 0 saturated carbocycles. The van der Waals surface area contributed by atoms with Crippen molar-refractivity contribution in [3.63, 3.8) is 0 Å². The van der Waals surface area contributed by atoms with Crippen LogP contribution in [0.3, 0.4) is 0 Å². The van der Waals surface area contributed by atoms with Crippen molar-refractivity contribution < 1.29 is 13.2 Å². The average Bonchev–Trinajstić information content (AvgIpc) is 2.76. The van der Waals surface area contributed by atoms with Gasteiger partial charge in [-0.15, -0.1) is 0 Å². The lowest BCUT2D eigenvalue weighted by molar-refractivity contribution is -0.0867. The zero-order chi connectivity index (χ0) is 15.0. The molecule has 0 aromatic rings. The van der Waals surface area contributed by atoms with Crippen LogP contribution in [0, 0.1) is 5.92 Å². The van der Waals surface area contributed by atoms with E-state index >= 15 is 0 Å². The first-order chi connectivity index (χ1) is 9.22. The molecule has 2 fully saturated rings. The van der Waals surface area contributed by atoms with E-state index in [4.69, 9.17) is 10.6 Å². The van der Waals surface area contributed by atoms with Crippen LogP contribution in [-0.4, -0.2) is 49.2 Å². The van der Waals surface area contributed by atoms with Gasteiger partial charge < -0.3 is 4.74 Å². The molecule has 2 heterocycles. The summed E-state index contributed by atoms with van der Waals surface area (Å²) in [6.45, 7) is 4.22. The third-order valence-corrected chi connectivity index (χ3v) is 8.34. The molecule has 7 heteroatoms. The lowest BCUT2D eigenvalue weighted by Gasteiger charge is -2.44. The zero-order valence-electron chi connectivity index (χ0n) is 12.5. The maximum Gasteiger partial charge on any atom is 0.154 e. The van der Waals surface area contributed by atoms with Gasteiger partial charge in [0, 0.05) is 24.7 Å². The molecule has 3 atom stereocenters. The second kappa shape index (κ2) is 5.76. The van der Waals surface area contributed by atoms with E-state index in [-0.39, 0.29) is 17.6 Å². The highest BCUT2D eigenvalue weighted by atomic mass is 32.2. The first-order valence-electron chi connectivity index (χ1n) is 7.09. The van der Waals surface area contributed by atoms with E-state index in [9.17, 15) is 8.42 Å². The van der Waals surface area contributed by atoms with Crippen molar-refractivity contribution in [2.24, 2.45) is 11.8 Å². The van der Waals surface area contributed by atoms with Crippen molar-refractivity contribution in [3.8, 4) is 0 Å². The zero-order valence-corrected chi connectivity index (χ0v) is 14.1. The number of sulfone groups is 1. The summed E-state index contributed by atoms with van der Waals surface area (Å²) in [6.07, 6.45) is 4.11. The molecular weight excluding hydrogens is 296 g/mol. The van der Waals surface area contributed by atoms with Gasteiger partial charge in [-0.3, -0.25) is 11.3 Å². The number of nitrogens with two attached hydrogens (primary N) is 1. The Hall–Kier alpha value is 0.180. The summed E-state index contributed by atoms with van der Waals surface area (Å²) >= 11 is 1.92. The van der Waals surface area contributed by atoms with Crippen LogP contribution in [-0.2, 0) is 14.6 Å². The number of hydrogen-bond donors (Lipinski definition) is 2. The summed E-state index contributed by atoms with van der Waals surface area (Å²) in [5, 5.41) is 0. The van der Waals surface area contributed by atoms with E-state index in [2.05, 4.69) is 5.43 Å². The predicted octanol–water partition coefficient (Wildman–Crippen LogP) is 0.944. The molecular formula is C13H26N2O3S2. The predicted molar refractivity (Wildman–Crippen MR) is 83.4 cm³/mol. The highest BCUT2D eigenvalue weighted by Gasteiger charge is 2.48. The van der Waals surface area contributed by atoms with Crippen LogP contribution in [0.1, 0.15) is 33.1 Å². The minimum atomic E-state index is -3.19. The standard InChI is InChI=1S/C13H26N2O3S2/c1-12(2,20(3,16)17)11(15-14)10-4-6-18-13(8-10)5-7-19-9-13/h10-11,15H,4-9,14H2,1-3H3. The van der Waals surface area contributed by atoms with Crippen LogP contribution in [0.2, 0.25) is 0 Å². The van der Waals surface area contributed by atoms with Gasteiger partial charge in [0.15, 0.2) is 9.84 Å². The lowest BCUT2D eigenvalue weighted by atomic mass is 9.78. The number of rotatable bonds is 4. The van der Waals surface area contributed by atoms with Gasteiger partial charge in [0.05, 0.1) is 10.3 Å². The fraction of sp³-hybridized carbons (Fsp3) is 1.00. The number of hydrogen-bond acceptors (Lipinski definition) is 6. The second-order valence-electron chi connectivity index (χ2n) is 6.61. The second-order valence-corrected chi connectivity index (χ2v) is 10.3. The van der Waals surface area contributed by atoms with Crippen molar-refractivity contribution in [2.45, 2.75) is 49.5 Å². The van der Waals surface area contributed by atoms with Crippen LogP contribution >= 0.6 is 11.8 Å². The minimum absolute atomic E-state index is 0.0593. The Morgan fingerprint density at radius 1 is 1.50 bits per heavy atom. The fourth-order valence-corrected chi connectivity index (χ4v) is 5.45. The molecule has 0 bridgehead atoms. The van der Waals surface area contributed by atoms with Crippen molar-refractivity contribution in [2.75, 3.05) is 24.4 Å². The third kappa shape index (κ3) is 3.02. The van der Waals surface area contributed by atoms with Gasteiger partial charge >= 0.3 is 0 Å². The van der Waals surface area contributed by atoms with Crippen molar-refractivity contribution >= 4 is 21.6 Å². The number of ether oxygens (including phenoxy) is 1. The molecule has 0 radical (unpaired) electrons. The van der Waals surface area contributed by atoms with E-state index in [1.807, 2.05) is 11.8 Å². The Kier molecular flexibility index (Phi) is 4.76. The summed E-state index contributed by atoms with van der Waals surface area (Å²) in [7, 11) is -3.19. The quantitative estimate of drug-likeness (QED) is 0.592. The van der Waals surface area contributed by atoms with Gasteiger partial charge in [-0.1, -0.05) is 0 Å². The maximum atomic E-state index is 12.1. The first-order valence-corrected chi connectivity index (χ1v) is 10.1. The largest absolute Gasteiger partial charge is 0.374 e. The Morgan fingerprint density at radius 3 is 2.70 bits per heavy atom. The molecule has 3 unspecified atom stereocenters. The molecule has 2 rings (SSSR count). The number of hydrazine groups is 1. The first kappa shape index (κ1) is 16.5. The molecule has 3 N–H and O–H groups in total. The summed E-state index contributed by atoms with van der Waals surface area (Å²) in [5.41, 5.74) is 2.72. The van der Waals surface area contributed by atoms with Crippen molar-refractivity contribution in [1.29, 1.82) is 0 Å². The molecule has 0 aromatic carbocycles. The van der Waals surface area contributed by atoms with Crippen LogP contribution in [0.5, 0.6) is 0 Å². The van der Waals surface area contributed by atoms with E-state index in [0.29, 0.717) is 6.61 Å². The summed E-state index contributed by atoms with van der Waals surface area (Å²) in [6, 6.07) is -0.246. The fourth-order valence-electron chi connectivity index (χ4n) is 3.35. The Labute approximate surface area is 126 Å². The molecule has 0 amide bonds. The summed E-state index contributed by atoms with van der Waals surface area (Å²) in [4.78, 5) is 0.